The first-order valence-corrected chi connectivity index (χ1v) is 6.96. The fourth-order valence-corrected chi connectivity index (χ4v) is 2.66. The number of hydrogen-bond acceptors (Lipinski definition) is 2. The summed E-state index contributed by atoms with van der Waals surface area (Å²) in [6, 6.07) is 16.8. The van der Waals surface area contributed by atoms with E-state index in [1.165, 1.54) is 16.5 Å². The van der Waals surface area contributed by atoms with Gasteiger partial charge in [-0.05, 0) is 49.1 Å². The average molecular weight is 265 g/mol. The second kappa shape index (κ2) is 5.14. The Kier molecular flexibility index (Phi) is 3.33. The molecule has 0 saturated heterocycles. The molecule has 0 aliphatic carbocycles. The second-order valence-electron chi connectivity index (χ2n) is 5.37. The third-order valence-electron chi connectivity index (χ3n) is 3.70. The van der Waals surface area contributed by atoms with E-state index in [2.05, 4.69) is 43.3 Å². The van der Waals surface area contributed by atoms with Gasteiger partial charge in [0.15, 0.2) is 0 Å². The Bertz CT molecular complexity index is 726. The zero-order chi connectivity index (χ0) is 14.1. The highest BCUT2D eigenvalue weighted by Crippen LogP contribution is 2.29. The van der Waals surface area contributed by atoms with Gasteiger partial charge in [0.2, 0.25) is 0 Å². The molecule has 20 heavy (non-hydrogen) atoms. The molecule has 3 aromatic rings. The van der Waals surface area contributed by atoms with Crippen molar-refractivity contribution >= 4 is 11.0 Å². The standard InChI is InChI=1S/C18H19NO/c1-12-16-11-15(10-14-6-4-3-5-7-14)8-9-17(16)20-18(12)13(2)19/h3-9,11,13H,10,19H2,1-2H3. The number of hydrogen-bond donors (Lipinski definition) is 1. The van der Waals surface area contributed by atoms with Gasteiger partial charge in [0.05, 0.1) is 6.04 Å². The normalized spacial score (nSPS) is 12.8. The van der Waals surface area contributed by atoms with E-state index in [0.29, 0.717) is 0 Å². The van der Waals surface area contributed by atoms with Crippen molar-refractivity contribution in [2.24, 2.45) is 5.73 Å². The molecule has 0 amide bonds. The number of furan rings is 1. The van der Waals surface area contributed by atoms with E-state index in [-0.39, 0.29) is 6.04 Å². The molecule has 0 aliphatic rings. The third kappa shape index (κ3) is 2.35. The minimum Gasteiger partial charge on any atom is -0.459 e. The van der Waals surface area contributed by atoms with Gasteiger partial charge in [-0.1, -0.05) is 36.4 Å². The van der Waals surface area contributed by atoms with E-state index >= 15 is 0 Å². The monoisotopic (exact) mass is 265 g/mol. The molecule has 0 radical (unpaired) electrons. The van der Waals surface area contributed by atoms with Gasteiger partial charge in [0.25, 0.3) is 0 Å². The predicted molar refractivity (Wildman–Crippen MR) is 82.8 cm³/mol. The zero-order valence-corrected chi connectivity index (χ0v) is 11.9. The number of fused-ring (bicyclic) bond motifs is 1. The summed E-state index contributed by atoms with van der Waals surface area (Å²) in [4.78, 5) is 0. The third-order valence-corrected chi connectivity index (χ3v) is 3.70. The molecule has 3 rings (SSSR count). The molecule has 1 aromatic heterocycles. The SMILES string of the molecule is Cc1c(C(C)N)oc2ccc(Cc3ccccc3)cc12. The zero-order valence-electron chi connectivity index (χ0n) is 11.9. The molecule has 0 saturated carbocycles. The van der Waals surface area contributed by atoms with E-state index in [4.69, 9.17) is 10.2 Å². The topological polar surface area (TPSA) is 39.2 Å². The van der Waals surface area contributed by atoms with Crippen LogP contribution in [0.25, 0.3) is 11.0 Å². The minimum absolute atomic E-state index is 0.0695. The first kappa shape index (κ1) is 12.9. The van der Waals surface area contributed by atoms with Crippen molar-refractivity contribution in [3.8, 4) is 0 Å². The molecule has 102 valence electrons. The van der Waals surface area contributed by atoms with Gasteiger partial charge in [0.1, 0.15) is 11.3 Å². The van der Waals surface area contributed by atoms with Crippen LogP contribution in [0.1, 0.15) is 35.4 Å². The van der Waals surface area contributed by atoms with Crippen LogP contribution in [0.15, 0.2) is 52.9 Å². The summed E-state index contributed by atoms with van der Waals surface area (Å²) in [7, 11) is 0. The lowest BCUT2D eigenvalue weighted by Crippen LogP contribution is -2.04. The fraction of sp³-hybridized carbons (Fsp3) is 0.222. The molecule has 1 atom stereocenters. The van der Waals surface area contributed by atoms with E-state index < -0.39 is 0 Å². The molecular formula is C18H19NO. The molecule has 2 N–H and O–H groups in total. The molecule has 2 heteroatoms. The van der Waals surface area contributed by atoms with Crippen LogP contribution < -0.4 is 5.73 Å². The molecule has 0 fully saturated rings. The number of aryl methyl sites for hydroxylation is 1. The number of benzene rings is 2. The van der Waals surface area contributed by atoms with Crippen molar-refractivity contribution in [1.82, 2.24) is 0 Å². The predicted octanol–water partition coefficient (Wildman–Crippen LogP) is 4.35. The lowest BCUT2D eigenvalue weighted by molar-refractivity contribution is 0.509. The van der Waals surface area contributed by atoms with Crippen LogP contribution in [0.3, 0.4) is 0 Å². The second-order valence-corrected chi connectivity index (χ2v) is 5.37. The molecule has 2 aromatic carbocycles. The van der Waals surface area contributed by atoms with E-state index in [9.17, 15) is 0 Å². The maximum Gasteiger partial charge on any atom is 0.134 e. The van der Waals surface area contributed by atoms with Crippen molar-refractivity contribution in [1.29, 1.82) is 0 Å². The van der Waals surface area contributed by atoms with Crippen LogP contribution in [0.4, 0.5) is 0 Å². The highest BCUT2D eigenvalue weighted by Gasteiger charge is 2.13. The summed E-state index contributed by atoms with van der Waals surface area (Å²) in [5.41, 5.74) is 10.6. The van der Waals surface area contributed by atoms with Gasteiger partial charge >= 0.3 is 0 Å². The summed E-state index contributed by atoms with van der Waals surface area (Å²) in [6.07, 6.45) is 0.939. The molecule has 0 aliphatic heterocycles. The van der Waals surface area contributed by atoms with E-state index in [0.717, 1.165) is 23.3 Å². The van der Waals surface area contributed by atoms with Gasteiger partial charge in [0, 0.05) is 5.39 Å². The summed E-state index contributed by atoms with van der Waals surface area (Å²) >= 11 is 0. The highest BCUT2D eigenvalue weighted by molar-refractivity contribution is 5.83. The molecule has 2 nitrogen and oxygen atoms in total. The van der Waals surface area contributed by atoms with Gasteiger partial charge in [-0.2, -0.15) is 0 Å². The molecule has 1 unspecified atom stereocenters. The van der Waals surface area contributed by atoms with Crippen LogP contribution in [0.5, 0.6) is 0 Å². The minimum atomic E-state index is -0.0695. The van der Waals surface area contributed by atoms with Crippen LogP contribution >= 0.6 is 0 Å². The first-order valence-electron chi connectivity index (χ1n) is 6.96. The maximum absolute atomic E-state index is 5.95. The first-order chi connectivity index (χ1) is 9.65. The van der Waals surface area contributed by atoms with Gasteiger partial charge < -0.3 is 10.2 Å². The number of nitrogens with two attached hydrogens (primary N) is 1. The van der Waals surface area contributed by atoms with Crippen molar-refractivity contribution in [3.63, 3.8) is 0 Å². The lowest BCUT2D eigenvalue weighted by Gasteiger charge is -2.02. The average Bonchev–Trinajstić information content (AvgIpc) is 2.77. The summed E-state index contributed by atoms with van der Waals surface area (Å²) in [5.74, 6) is 0.886. The Hall–Kier alpha value is -2.06. The van der Waals surface area contributed by atoms with Gasteiger partial charge in [-0.3, -0.25) is 0 Å². The van der Waals surface area contributed by atoms with Crippen molar-refractivity contribution in [3.05, 3.63) is 71.0 Å². The Morgan fingerprint density at radius 3 is 2.50 bits per heavy atom. The van der Waals surface area contributed by atoms with Crippen LogP contribution in [0.2, 0.25) is 0 Å². The van der Waals surface area contributed by atoms with Crippen molar-refractivity contribution in [2.45, 2.75) is 26.3 Å². The number of rotatable bonds is 3. The van der Waals surface area contributed by atoms with Crippen molar-refractivity contribution < 1.29 is 4.42 Å². The maximum atomic E-state index is 5.95. The van der Waals surface area contributed by atoms with Crippen LogP contribution in [-0.2, 0) is 6.42 Å². The Labute approximate surface area is 119 Å². The smallest absolute Gasteiger partial charge is 0.134 e. The van der Waals surface area contributed by atoms with Crippen LogP contribution in [-0.4, -0.2) is 0 Å². The Morgan fingerprint density at radius 2 is 1.80 bits per heavy atom. The highest BCUT2D eigenvalue weighted by atomic mass is 16.3. The van der Waals surface area contributed by atoms with E-state index in [1.807, 2.05) is 19.1 Å². The molecule has 0 bridgehead atoms. The lowest BCUT2D eigenvalue weighted by atomic mass is 10.0. The largest absolute Gasteiger partial charge is 0.459 e. The Balaban J connectivity index is 2.00. The van der Waals surface area contributed by atoms with Crippen LogP contribution in [0, 0.1) is 6.92 Å². The summed E-state index contributed by atoms with van der Waals surface area (Å²) in [5, 5.41) is 1.17. The van der Waals surface area contributed by atoms with Gasteiger partial charge in [-0.15, -0.1) is 0 Å². The van der Waals surface area contributed by atoms with Gasteiger partial charge in [-0.25, -0.2) is 0 Å². The molecule has 1 heterocycles. The summed E-state index contributed by atoms with van der Waals surface area (Å²) in [6.45, 7) is 4.03. The molecular weight excluding hydrogens is 246 g/mol. The van der Waals surface area contributed by atoms with E-state index in [1.54, 1.807) is 0 Å². The Morgan fingerprint density at radius 1 is 1.05 bits per heavy atom. The fourth-order valence-electron chi connectivity index (χ4n) is 2.66. The molecule has 0 spiro atoms. The quantitative estimate of drug-likeness (QED) is 0.764. The van der Waals surface area contributed by atoms with Crippen molar-refractivity contribution in [2.75, 3.05) is 0 Å². The summed E-state index contributed by atoms with van der Waals surface area (Å²) < 4.78 is 5.84.